The van der Waals surface area contributed by atoms with E-state index < -0.39 is 35.5 Å². The molecule has 1 aliphatic rings. The summed E-state index contributed by atoms with van der Waals surface area (Å²) in [5, 5.41) is 3.86. The number of oxime groups is 1. The van der Waals surface area contributed by atoms with Gasteiger partial charge >= 0.3 is 12.4 Å². The van der Waals surface area contributed by atoms with Crippen molar-refractivity contribution in [2.45, 2.75) is 31.3 Å². The molecule has 1 heterocycles. The molecule has 1 unspecified atom stereocenters. The summed E-state index contributed by atoms with van der Waals surface area (Å²) in [6.07, 6.45) is -10.6. The van der Waals surface area contributed by atoms with Gasteiger partial charge in [0.15, 0.2) is 0 Å². The molecule has 0 radical (unpaired) electrons. The molecule has 2 aromatic carbocycles. The first-order valence-electron chi connectivity index (χ1n) is 7.80. The first-order chi connectivity index (χ1) is 12.8. The summed E-state index contributed by atoms with van der Waals surface area (Å²) in [6.45, 7) is 1.72. The van der Waals surface area contributed by atoms with Crippen molar-refractivity contribution in [2.75, 3.05) is 0 Å². The first-order valence-corrected chi connectivity index (χ1v) is 8.97. The molecule has 1 aliphatic heterocycles. The molecule has 28 heavy (non-hydrogen) atoms. The molecule has 0 spiro atoms. The van der Waals surface area contributed by atoms with E-state index in [9.17, 15) is 26.3 Å². The maximum atomic E-state index is 14.0. The van der Waals surface area contributed by atoms with Crippen molar-refractivity contribution in [3.8, 4) is 0 Å². The highest BCUT2D eigenvalue weighted by atomic mass is 79.9. The van der Waals surface area contributed by atoms with Crippen LogP contribution in [0.25, 0.3) is 0 Å². The highest BCUT2D eigenvalue weighted by Gasteiger charge is 2.62. The number of aryl methyl sites for hydroxylation is 1. The van der Waals surface area contributed by atoms with Crippen LogP contribution in [0, 0.1) is 6.92 Å². The van der Waals surface area contributed by atoms with Gasteiger partial charge in [-0.1, -0.05) is 44.8 Å². The number of hydrogen-bond acceptors (Lipinski definition) is 2. The van der Waals surface area contributed by atoms with Crippen molar-refractivity contribution in [2.24, 2.45) is 5.16 Å². The second-order valence-corrected chi connectivity index (χ2v) is 7.64. The Kier molecular flexibility index (Phi) is 5.21. The van der Waals surface area contributed by atoms with Crippen LogP contribution in [0.4, 0.5) is 26.3 Å². The van der Waals surface area contributed by atoms with E-state index in [-0.39, 0.29) is 10.2 Å². The monoisotopic (exact) mass is 485 g/mol. The zero-order valence-corrected chi connectivity index (χ0v) is 16.4. The molecule has 150 valence electrons. The van der Waals surface area contributed by atoms with Crippen LogP contribution in [0.5, 0.6) is 0 Å². The fourth-order valence-electron chi connectivity index (χ4n) is 2.82. The molecule has 0 fully saturated rings. The van der Waals surface area contributed by atoms with Crippen molar-refractivity contribution in [3.63, 3.8) is 0 Å². The normalized spacial score (nSPS) is 20.1. The molecule has 0 aliphatic carbocycles. The Morgan fingerprint density at radius 2 is 1.75 bits per heavy atom. The Morgan fingerprint density at radius 3 is 2.32 bits per heavy atom. The average molecular weight is 487 g/mol. The largest absolute Gasteiger partial charge is 0.435 e. The molecule has 0 amide bonds. The number of benzene rings is 2. The van der Waals surface area contributed by atoms with E-state index in [0.29, 0.717) is 28.3 Å². The third-order valence-electron chi connectivity index (χ3n) is 4.38. The SMILES string of the molecule is Cc1ccc(C2=NOC(c3cc(Br)cc(C(F)(F)F)c3)(C(F)(F)F)C2)cc1Cl. The number of hydrogen-bond donors (Lipinski definition) is 0. The molecule has 0 N–H and O–H groups in total. The van der Waals surface area contributed by atoms with Gasteiger partial charge in [0.2, 0.25) is 0 Å². The maximum Gasteiger partial charge on any atom is 0.435 e. The number of nitrogens with zero attached hydrogens (tertiary/aromatic N) is 1. The summed E-state index contributed by atoms with van der Waals surface area (Å²) in [7, 11) is 0. The van der Waals surface area contributed by atoms with Crippen LogP contribution in [0.15, 0.2) is 46.0 Å². The second-order valence-electron chi connectivity index (χ2n) is 6.32. The molecule has 2 aromatic rings. The van der Waals surface area contributed by atoms with E-state index >= 15 is 0 Å². The lowest BCUT2D eigenvalue weighted by Crippen LogP contribution is -2.43. The Bertz CT molecular complexity index is 956. The van der Waals surface area contributed by atoms with Crippen molar-refractivity contribution in [1.82, 2.24) is 0 Å². The van der Waals surface area contributed by atoms with Crippen LogP contribution in [-0.4, -0.2) is 11.9 Å². The topological polar surface area (TPSA) is 21.6 Å². The number of alkyl halides is 6. The van der Waals surface area contributed by atoms with Gasteiger partial charge in [-0.2, -0.15) is 26.3 Å². The van der Waals surface area contributed by atoms with Crippen molar-refractivity contribution < 1.29 is 31.2 Å². The van der Waals surface area contributed by atoms with Crippen LogP contribution in [0.1, 0.15) is 28.7 Å². The lowest BCUT2D eigenvalue weighted by molar-refractivity contribution is -0.276. The van der Waals surface area contributed by atoms with E-state index in [1.807, 2.05) is 0 Å². The minimum atomic E-state index is -5.02. The van der Waals surface area contributed by atoms with Gasteiger partial charge in [0, 0.05) is 27.0 Å². The zero-order chi connectivity index (χ0) is 20.9. The van der Waals surface area contributed by atoms with Crippen LogP contribution in [-0.2, 0) is 16.6 Å². The highest BCUT2D eigenvalue weighted by molar-refractivity contribution is 9.10. The molecule has 0 saturated carbocycles. The van der Waals surface area contributed by atoms with Gasteiger partial charge < -0.3 is 4.84 Å². The van der Waals surface area contributed by atoms with E-state index in [1.54, 1.807) is 13.0 Å². The van der Waals surface area contributed by atoms with Gasteiger partial charge in [-0.15, -0.1) is 0 Å². The molecule has 0 saturated heterocycles. The molecule has 1 atom stereocenters. The van der Waals surface area contributed by atoms with Gasteiger partial charge in [0.05, 0.1) is 11.3 Å². The van der Waals surface area contributed by atoms with Crippen LogP contribution in [0.2, 0.25) is 5.02 Å². The average Bonchev–Trinajstić information content (AvgIpc) is 3.02. The summed E-state index contributed by atoms with van der Waals surface area (Å²) in [6, 6.07) is 6.65. The van der Waals surface area contributed by atoms with Gasteiger partial charge in [0.1, 0.15) is 0 Å². The minimum Gasteiger partial charge on any atom is -0.374 e. The summed E-state index contributed by atoms with van der Waals surface area (Å²) in [4.78, 5) is 4.78. The Balaban J connectivity index is 2.08. The maximum absolute atomic E-state index is 14.0. The molecular formula is C18H11BrClF6NO. The molecule has 0 aromatic heterocycles. The quantitative estimate of drug-likeness (QED) is 0.418. The molecule has 2 nitrogen and oxygen atoms in total. The van der Waals surface area contributed by atoms with Gasteiger partial charge in [-0.05, 0) is 36.8 Å². The summed E-state index contributed by atoms with van der Waals surface area (Å²) in [5.74, 6) is 0. The summed E-state index contributed by atoms with van der Waals surface area (Å²) in [5.41, 5.74) is -4.01. The second kappa shape index (κ2) is 6.95. The summed E-state index contributed by atoms with van der Waals surface area (Å²) < 4.78 is 81.0. The van der Waals surface area contributed by atoms with E-state index in [0.717, 1.165) is 6.07 Å². The fourth-order valence-corrected chi connectivity index (χ4v) is 3.49. The van der Waals surface area contributed by atoms with Gasteiger partial charge in [-0.3, -0.25) is 0 Å². The number of rotatable bonds is 2. The Hall–Kier alpha value is -1.74. The van der Waals surface area contributed by atoms with E-state index in [1.165, 1.54) is 12.1 Å². The lowest BCUT2D eigenvalue weighted by Gasteiger charge is -2.30. The lowest BCUT2D eigenvalue weighted by atomic mass is 9.85. The Morgan fingerprint density at radius 1 is 1.07 bits per heavy atom. The van der Waals surface area contributed by atoms with E-state index in [2.05, 4.69) is 21.1 Å². The van der Waals surface area contributed by atoms with Crippen molar-refractivity contribution in [3.05, 3.63) is 68.1 Å². The van der Waals surface area contributed by atoms with Crippen molar-refractivity contribution >= 4 is 33.2 Å². The highest BCUT2D eigenvalue weighted by Crippen LogP contribution is 2.50. The van der Waals surface area contributed by atoms with E-state index in [4.69, 9.17) is 16.4 Å². The van der Waals surface area contributed by atoms with Crippen LogP contribution < -0.4 is 0 Å². The number of halogens is 8. The molecule has 0 bridgehead atoms. The third kappa shape index (κ3) is 3.74. The Labute approximate surface area is 169 Å². The first kappa shape index (κ1) is 21.0. The predicted molar refractivity (Wildman–Crippen MR) is 95.3 cm³/mol. The molecule has 10 heteroatoms. The van der Waals surface area contributed by atoms with Gasteiger partial charge in [0.25, 0.3) is 5.60 Å². The third-order valence-corrected chi connectivity index (χ3v) is 5.25. The van der Waals surface area contributed by atoms with Gasteiger partial charge in [-0.25, -0.2) is 0 Å². The molecular weight excluding hydrogens is 476 g/mol. The zero-order valence-electron chi connectivity index (χ0n) is 14.1. The predicted octanol–water partition coefficient (Wildman–Crippen LogP) is 7.01. The standard InChI is InChI=1S/C18H11BrClF6NO/c1-9-2-3-10(4-14(9)20)15-8-16(28-27-15,18(24,25)26)11-5-12(17(21,22)23)7-13(19)6-11/h2-7H,8H2,1H3. The minimum absolute atomic E-state index is 0.0623. The fraction of sp³-hybridized carbons (Fsp3) is 0.278. The van der Waals surface area contributed by atoms with Crippen LogP contribution >= 0.6 is 27.5 Å². The molecule has 3 rings (SSSR count). The summed E-state index contributed by atoms with van der Waals surface area (Å²) >= 11 is 8.86. The van der Waals surface area contributed by atoms with Crippen molar-refractivity contribution in [1.29, 1.82) is 0 Å². The van der Waals surface area contributed by atoms with Crippen LogP contribution in [0.3, 0.4) is 0 Å². The smallest absolute Gasteiger partial charge is 0.374 e.